The summed E-state index contributed by atoms with van der Waals surface area (Å²) < 4.78 is 2.14. The number of pyridine rings is 1. The fourth-order valence-corrected chi connectivity index (χ4v) is 2.48. The zero-order chi connectivity index (χ0) is 13.5. The molecule has 0 amide bonds. The van der Waals surface area contributed by atoms with Gasteiger partial charge in [0.25, 0.3) is 0 Å². The first-order chi connectivity index (χ1) is 9.83. The van der Waals surface area contributed by atoms with Crippen LogP contribution in [0.25, 0.3) is 22.2 Å². The molecule has 0 aliphatic heterocycles. The Kier molecular flexibility index (Phi) is 2.45. The third-order valence-corrected chi connectivity index (χ3v) is 3.75. The molecule has 1 aliphatic rings. The van der Waals surface area contributed by atoms with Gasteiger partial charge in [-0.05, 0) is 25.0 Å². The molecule has 3 heterocycles. The first kappa shape index (κ1) is 11.4. The summed E-state index contributed by atoms with van der Waals surface area (Å²) in [6, 6.07) is 4.75. The molecule has 5 heteroatoms. The fraction of sp³-hybridized carbons (Fsp3) is 0.267. The molecular weight excluding hydrogens is 250 g/mol. The highest BCUT2D eigenvalue weighted by atomic mass is 15.1. The summed E-state index contributed by atoms with van der Waals surface area (Å²) in [6.45, 7) is 0. The van der Waals surface area contributed by atoms with Crippen molar-refractivity contribution in [2.75, 3.05) is 5.32 Å². The van der Waals surface area contributed by atoms with Crippen LogP contribution in [0.1, 0.15) is 12.8 Å². The Morgan fingerprint density at radius 2 is 2.15 bits per heavy atom. The molecule has 100 valence electrons. The van der Waals surface area contributed by atoms with Crippen molar-refractivity contribution < 1.29 is 0 Å². The standard InChI is InChI=1S/C15H15N5/c1-20-13(6-10-4-5-16-8-14(10)20)12-7-17-9-18-15(12)19-11-2-3-11/h4-9,11H,2-3H2,1H3,(H,17,18,19). The van der Waals surface area contributed by atoms with Crippen LogP contribution in [0.3, 0.4) is 0 Å². The number of aromatic nitrogens is 4. The molecule has 0 unspecified atom stereocenters. The van der Waals surface area contributed by atoms with Crippen LogP contribution in [-0.2, 0) is 7.05 Å². The molecule has 4 rings (SSSR count). The third-order valence-electron chi connectivity index (χ3n) is 3.75. The summed E-state index contributed by atoms with van der Waals surface area (Å²) in [5.41, 5.74) is 3.26. The van der Waals surface area contributed by atoms with E-state index in [1.54, 1.807) is 6.33 Å². The van der Waals surface area contributed by atoms with Crippen LogP contribution >= 0.6 is 0 Å². The number of rotatable bonds is 3. The maximum atomic E-state index is 4.40. The van der Waals surface area contributed by atoms with Crippen molar-refractivity contribution in [1.82, 2.24) is 19.5 Å². The molecule has 0 aromatic carbocycles. The Morgan fingerprint density at radius 3 is 2.95 bits per heavy atom. The number of fused-ring (bicyclic) bond motifs is 1. The number of hydrogen-bond acceptors (Lipinski definition) is 4. The van der Waals surface area contributed by atoms with E-state index in [-0.39, 0.29) is 0 Å². The quantitative estimate of drug-likeness (QED) is 0.791. The Labute approximate surface area is 116 Å². The number of nitrogens with zero attached hydrogens (tertiary/aromatic N) is 4. The smallest absolute Gasteiger partial charge is 0.139 e. The second-order valence-corrected chi connectivity index (χ2v) is 5.23. The van der Waals surface area contributed by atoms with Gasteiger partial charge in [0.05, 0.1) is 23.0 Å². The van der Waals surface area contributed by atoms with Crippen LogP contribution in [0, 0.1) is 0 Å². The maximum absolute atomic E-state index is 4.40. The van der Waals surface area contributed by atoms with E-state index < -0.39 is 0 Å². The van der Waals surface area contributed by atoms with E-state index in [0.29, 0.717) is 6.04 Å². The monoisotopic (exact) mass is 265 g/mol. The maximum Gasteiger partial charge on any atom is 0.139 e. The summed E-state index contributed by atoms with van der Waals surface area (Å²) in [6.07, 6.45) is 9.62. The van der Waals surface area contributed by atoms with Gasteiger partial charge in [0.1, 0.15) is 12.1 Å². The minimum Gasteiger partial charge on any atom is -0.367 e. The molecule has 0 saturated heterocycles. The molecule has 0 atom stereocenters. The number of aryl methyl sites for hydroxylation is 1. The highest BCUT2D eigenvalue weighted by molar-refractivity contribution is 5.88. The molecule has 1 saturated carbocycles. The van der Waals surface area contributed by atoms with Crippen molar-refractivity contribution >= 4 is 16.7 Å². The summed E-state index contributed by atoms with van der Waals surface area (Å²) in [5.74, 6) is 0.918. The van der Waals surface area contributed by atoms with Gasteiger partial charge in [-0.1, -0.05) is 0 Å². The summed E-state index contributed by atoms with van der Waals surface area (Å²) in [7, 11) is 2.05. The molecule has 0 spiro atoms. The van der Waals surface area contributed by atoms with Gasteiger partial charge in [-0.2, -0.15) is 0 Å². The van der Waals surface area contributed by atoms with Crippen molar-refractivity contribution in [3.63, 3.8) is 0 Å². The van der Waals surface area contributed by atoms with Crippen molar-refractivity contribution in [3.05, 3.63) is 37.1 Å². The van der Waals surface area contributed by atoms with Crippen molar-refractivity contribution in [2.24, 2.45) is 7.05 Å². The molecule has 3 aromatic rings. The lowest BCUT2D eigenvalue weighted by atomic mass is 10.2. The number of nitrogens with one attached hydrogen (secondary N) is 1. The lowest BCUT2D eigenvalue weighted by Crippen LogP contribution is -2.06. The first-order valence-electron chi connectivity index (χ1n) is 6.79. The van der Waals surface area contributed by atoms with Gasteiger partial charge in [0, 0.05) is 30.9 Å². The molecule has 3 aromatic heterocycles. The van der Waals surface area contributed by atoms with Gasteiger partial charge >= 0.3 is 0 Å². The fourth-order valence-electron chi connectivity index (χ4n) is 2.48. The van der Waals surface area contributed by atoms with E-state index in [2.05, 4.69) is 30.9 Å². The van der Waals surface area contributed by atoms with Crippen molar-refractivity contribution in [3.8, 4) is 11.3 Å². The van der Waals surface area contributed by atoms with E-state index in [4.69, 9.17) is 0 Å². The van der Waals surface area contributed by atoms with E-state index in [1.807, 2.05) is 31.7 Å². The predicted octanol–water partition coefficient (Wildman–Crippen LogP) is 2.60. The zero-order valence-electron chi connectivity index (χ0n) is 11.2. The average molecular weight is 265 g/mol. The summed E-state index contributed by atoms with van der Waals surface area (Å²) >= 11 is 0. The Bertz CT molecular complexity index is 773. The molecule has 5 nitrogen and oxygen atoms in total. The highest BCUT2D eigenvalue weighted by Gasteiger charge is 2.23. The minimum atomic E-state index is 0.569. The van der Waals surface area contributed by atoms with E-state index in [1.165, 1.54) is 18.2 Å². The first-order valence-corrected chi connectivity index (χ1v) is 6.79. The zero-order valence-corrected chi connectivity index (χ0v) is 11.2. The summed E-state index contributed by atoms with van der Waals surface area (Å²) in [4.78, 5) is 12.8. The van der Waals surface area contributed by atoms with Gasteiger partial charge in [0.15, 0.2) is 0 Å². The van der Waals surface area contributed by atoms with Crippen LogP contribution in [0.5, 0.6) is 0 Å². The second kappa shape index (κ2) is 4.30. The molecule has 20 heavy (non-hydrogen) atoms. The minimum absolute atomic E-state index is 0.569. The van der Waals surface area contributed by atoms with Crippen molar-refractivity contribution in [1.29, 1.82) is 0 Å². The molecule has 1 N–H and O–H groups in total. The van der Waals surface area contributed by atoms with Gasteiger partial charge in [0.2, 0.25) is 0 Å². The molecular formula is C15H15N5. The average Bonchev–Trinajstić information content (AvgIpc) is 3.23. The molecule has 1 aliphatic carbocycles. The largest absolute Gasteiger partial charge is 0.367 e. The van der Waals surface area contributed by atoms with Crippen LogP contribution in [-0.4, -0.2) is 25.6 Å². The topological polar surface area (TPSA) is 55.6 Å². The molecule has 1 fully saturated rings. The van der Waals surface area contributed by atoms with E-state index in [9.17, 15) is 0 Å². The van der Waals surface area contributed by atoms with E-state index in [0.717, 1.165) is 22.6 Å². The Balaban J connectivity index is 1.88. The van der Waals surface area contributed by atoms with Crippen LogP contribution in [0.4, 0.5) is 5.82 Å². The number of anilines is 1. The van der Waals surface area contributed by atoms with Crippen LogP contribution in [0.15, 0.2) is 37.1 Å². The highest BCUT2D eigenvalue weighted by Crippen LogP contribution is 2.32. The van der Waals surface area contributed by atoms with E-state index >= 15 is 0 Å². The third kappa shape index (κ3) is 1.82. The van der Waals surface area contributed by atoms with Crippen LogP contribution < -0.4 is 5.32 Å². The lowest BCUT2D eigenvalue weighted by molar-refractivity contribution is 0.967. The normalized spacial score (nSPS) is 14.7. The molecule has 0 radical (unpaired) electrons. The van der Waals surface area contributed by atoms with Crippen LogP contribution in [0.2, 0.25) is 0 Å². The second-order valence-electron chi connectivity index (χ2n) is 5.23. The molecule has 0 bridgehead atoms. The van der Waals surface area contributed by atoms with Gasteiger partial charge in [-0.25, -0.2) is 9.97 Å². The van der Waals surface area contributed by atoms with Gasteiger partial charge in [-0.15, -0.1) is 0 Å². The van der Waals surface area contributed by atoms with Gasteiger partial charge < -0.3 is 9.88 Å². The SMILES string of the molecule is Cn1c(-c2cncnc2NC2CC2)cc2ccncc21. The Morgan fingerprint density at radius 1 is 1.25 bits per heavy atom. The summed E-state index contributed by atoms with van der Waals surface area (Å²) in [5, 5.41) is 4.65. The Hall–Kier alpha value is -2.43. The number of hydrogen-bond donors (Lipinski definition) is 1. The predicted molar refractivity (Wildman–Crippen MR) is 78.4 cm³/mol. The van der Waals surface area contributed by atoms with Crippen molar-refractivity contribution in [2.45, 2.75) is 18.9 Å². The van der Waals surface area contributed by atoms with Gasteiger partial charge in [-0.3, -0.25) is 4.98 Å². The lowest BCUT2D eigenvalue weighted by Gasteiger charge is -2.10.